The third kappa shape index (κ3) is 3.46. The van der Waals surface area contributed by atoms with Gasteiger partial charge in [-0.1, -0.05) is 12.1 Å². The van der Waals surface area contributed by atoms with E-state index in [4.69, 9.17) is 13.9 Å². The first-order valence-electron chi connectivity index (χ1n) is 9.04. The zero-order valence-corrected chi connectivity index (χ0v) is 15.2. The van der Waals surface area contributed by atoms with E-state index < -0.39 is 36.4 Å². The predicted molar refractivity (Wildman–Crippen MR) is 95.1 cm³/mol. The molecule has 2 aliphatic heterocycles. The highest BCUT2D eigenvalue weighted by Crippen LogP contribution is 2.36. The Balaban J connectivity index is 1.56. The molecule has 0 N–H and O–H groups in total. The first-order chi connectivity index (χ1) is 13.3. The Morgan fingerprint density at radius 3 is 2.54 bits per heavy atom. The zero-order chi connectivity index (χ0) is 19.9. The number of fused-ring (bicyclic) bond motifs is 1. The third-order valence-corrected chi connectivity index (χ3v) is 4.99. The van der Waals surface area contributed by atoms with Gasteiger partial charge in [-0.3, -0.25) is 4.79 Å². The van der Waals surface area contributed by atoms with Gasteiger partial charge in [-0.2, -0.15) is 0 Å². The van der Waals surface area contributed by atoms with Crippen LogP contribution < -0.4 is 15.1 Å². The van der Waals surface area contributed by atoms with E-state index in [1.807, 2.05) is 6.07 Å². The van der Waals surface area contributed by atoms with E-state index >= 15 is 0 Å². The minimum absolute atomic E-state index is 0.0944. The van der Waals surface area contributed by atoms with Crippen molar-refractivity contribution in [3.8, 4) is 11.5 Å². The molecule has 3 heterocycles. The largest absolute Gasteiger partial charge is 0.485 e. The zero-order valence-electron chi connectivity index (χ0n) is 15.2. The second-order valence-corrected chi connectivity index (χ2v) is 7.01. The summed E-state index contributed by atoms with van der Waals surface area (Å²) < 4.78 is 43.4. The van der Waals surface area contributed by atoms with Crippen molar-refractivity contribution in [2.75, 3.05) is 19.7 Å². The summed E-state index contributed by atoms with van der Waals surface area (Å²) in [6.07, 6.45) is -1.44. The molecule has 1 aromatic carbocycles. The fraction of sp³-hybridized carbons (Fsp3) is 0.400. The van der Waals surface area contributed by atoms with Crippen LogP contribution in [0.15, 0.2) is 39.5 Å². The number of amides is 1. The number of para-hydroxylation sites is 2. The third-order valence-electron chi connectivity index (χ3n) is 4.99. The highest BCUT2D eigenvalue weighted by Gasteiger charge is 2.37. The quantitative estimate of drug-likeness (QED) is 0.786. The van der Waals surface area contributed by atoms with Crippen LogP contribution in [0.5, 0.6) is 11.5 Å². The molecule has 1 amide bonds. The molecule has 0 radical (unpaired) electrons. The molecule has 1 fully saturated rings. The van der Waals surface area contributed by atoms with Crippen LogP contribution in [0.3, 0.4) is 0 Å². The van der Waals surface area contributed by atoms with Crippen LogP contribution in [-0.2, 0) is 0 Å². The van der Waals surface area contributed by atoms with E-state index in [1.165, 1.54) is 4.90 Å². The van der Waals surface area contributed by atoms with Crippen LogP contribution in [0.25, 0.3) is 0 Å². The van der Waals surface area contributed by atoms with Crippen LogP contribution in [0.4, 0.5) is 8.78 Å². The number of aryl methyl sites for hydroxylation is 1. The standard InChI is InChI=1S/C20H19F2NO5/c1-12-10-15(16-11-26-13-4-2-3-5-14(13)27-16)28-19(25)17(12)18(24)23-8-6-20(21,22)7-9-23/h2-5,10,16H,6-9,11H2,1H3. The summed E-state index contributed by atoms with van der Waals surface area (Å²) in [4.78, 5) is 26.4. The van der Waals surface area contributed by atoms with Crippen molar-refractivity contribution in [1.29, 1.82) is 0 Å². The summed E-state index contributed by atoms with van der Waals surface area (Å²) in [5.41, 5.74) is -0.526. The van der Waals surface area contributed by atoms with Crippen LogP contribution in [0.2, 0.25) is 0 Å². The van der Waals surface area contributed by atoms with Crippen LogP contribution in [0, 0.1) is 6.92 Å². The molecule has 4 rings (SSSR count). The Bertz CT molecular complexity index is 961. The maximum atomic E-state index is 13.3. The fourth-order valence-corrected chi connectivity index (χ4v) is 3.40. The smallest absolute Gasteiger partial charge is 0.349 e. The Morgan fingerprint density at radius 2 is 1.86 bits per heavy atom. The number of halogens is 2. The number of ether oxygens (including phenoxy) is 2. The number of benzene rings is 1. The SMILES string of the molecule is Cc1cc(C2COc3ccccc3O2)oc(=O)c1C(=O)N1CCC(F)(F)CC1. The molecule has 0 bridgehead atoms. The lowest BCUT2D eigenvalue weighted by Gasteiger charge is -2.31. The molecule has 1 aromatic heterocycles. The number of rotatable bonds is 2. The van der Waals surface area contributed by atoms with E-state index in [9.17, 15) is 18.4 Å². The van der Waals surface area contributed by atoms with Gasteiger partial charge in [0.15, 0.2) is 23.4 Å². The molecule has 1 unspecified atom stereocenters. The van der Waals surface area contributed by atoms with Gasteiger partial charge in [0.2, 0.25) is 0 Å². The molecule has 2 aromatic rings. The minimum Gasteiger partial charge on any atom is -0.485 e. The van der Waals surface area contributed by atoms with E-state index in [0.29, 0.717) is 17.1 Å². The van der Waals surface area contributed by atoms with Gasteiger partial charge in [0, 0.05) is 25.9 Å². The summed E-state index contributed by atoms with van der Waals surface area (Å²) in [6.45, 7) is 1.59. The summed E-state index contributed by atoms with van der Waals surface area (Å²) in [5, 5.41) is 0. The summed E-state index contributed by atoms with van der Waals surface area (Å²) in [6, 6.07) is 8.71. The number of hydrogen-bond acceptors (Lipinski definition) is 5. The molecular formula is C20H19F2NO5. The van der Waals surface area contributed by atoms with Crippen molar-refractivity contribution in [3.05, 3.63) is 57.6 Å². The Kier molecular flexibility index (Phi) is 4.56. The van der Waals surface area contributed by atoms with Crippen molar-refractivity contribution in [3.63, 3.8) is 0 Å². The van der Waals surface area contributed by atoms with Gasteiger partial charge in [-0.15, -0.1) is 0 Å². The number of likely N-dealkylation sites (tertiary alicyclic amines) is 1. The highest BCUT2D eigenvalue weighted by molar-refractivity contribution is 5.95. The highest BCUT2D eigenvalue weighted by atomic mass is 19.3. The van der Waals surface area contributed by atoms with Crippen molar-refractivity contribution < 1.29 is 27.5 Å². The number of piperidine rings is 1. The molecule has 1 saturated heterocycles. The van der Waals surface area contributed by atoms with Gasteiger partial charge in [0.1, 0.15) is 12.2 Å². The second-order valence-electron chi connectivity index (χ2n) is 7.01. The van der Waals surface area contributed by atoms with Crippen LogP contribution >= 0.6 is 0 Å². The minimum atomic E-state index is -2.77. The molecule has 148 valence electrons. The van der Waals surface area contributed by atoms with Gasteiger partial charge in [-0.05, 0) is 30.7 Å². The van der Waals surface area contributed by atoms with Gasteiger partial charge < -0.3 is 18.8 Å². The molecular weight excluding hydrogens is 372 g/mol. The van der Waals surface area contributed by atoms with E-state index in [-0.39, 0.29) is 31.0 Å². The normalized spacial score (nSPS) is 20.7. The maximum absolute atomic E-state index is 13.3. The van der Waals surface area contributed by atoms with Gasteiger partial charge in [0.25, 0.3) is 11.8 Å². The molecule has 8 heteroatoms. The van der Waals surface area contributed by atoms with Gasteiger partial charge in [0.05, 0.1) is 0 Å². The van der Waals surface area contributed by atoms with E-state index in [2.05, 4.69) is 0 Å². The second kappa shape index (κ2) is 6.92. The van der Waals surface area contributed by atoms with E-state index in [1.54, 1.807) is 31.2 Å². The molecule has 0 aliphatic carbocycles. The number of carbonyl (C=O) groups excluding carboxylic acids is 1. The van der Waals surface area contributed by atoms with E-state index in [0.717, 1.165) is 0 Å². The molecule has 1 atom stereocenters. The topological polar surface area (TPSA) is 69.0 Å². The summed E-state index contributed by atoms with van der Waals surface area (Å²) in [5.74, 6) is -1.97. The maximum Gasteiger partial charge on any atom is 0.349 e. The van der Waals surface area contributed by atoms with Crippen molar-refractivity contribution in [2.24, 2.45) is 0 Å². The van der Waals surface area contributed by atoms with Gasteiger partial charge in [-0.25, -0.2) is 13.6 Å². The summed E-state index contributed by atoms with van der Waals surface area (Å²) >= 11 is 0. The van der Waals surface area contributed by atoms with Crippen LogP contribution in [-0.4, -0.2) is 36.4 Å². The Morgan fingerprint density at radius 1 is 1.18 bits per heavy atom. The van der Waals surface area contributed by atoms with Crippen molar-refractivity contribution in [2.45, 2.75) is 31.8 Å². The summed E-state index contributed by atoms with van der Waals surface area (Å²) in [7, 11) is 0. The van der Waals surface area contributed by atoms with Crippen molar-refractivity contribution >= 4 is 5.91 Å². The van der Waals surface area contributed by atoms with Crippen molar-refractivity contribution in [1.82, 2.24) is 4.90 Å². The first kappa shape index (κ1) is 18.5. The lowest BCUT2D eigenvalue weighted by molar-refractivity contribution is -0.0494. The average molecular weight is 391 g/mol. The number of nitrogens with zero attached hydrogens (tertiary/aromatic N) is 1. The fourth-order valence-electron chi connectivity index (χ4n) is 3.40. The Labute approximate surface area is 159 Å². The van der Waals surface area contributed by atoms with Crippen LogP contribution in [0.1, 0.15) is 40.6 Å². The number of carbonyl (C=O) groups is 1. The predicted octanol–water partition coefficient (Wildman–Crippen LogP) is 3.33. The average Bonchev–Trinajstić information content (AvgIpc) is 2.67. The Hall–Kier alpha value is -2.90. The van der Waals surface area contributed by atoms with Gasteiger partial charge >= 0.3 is 5.63 Å². The molecule has 0 saturated carbocycles. The number of alkyl halides is 2. The molecule has 0 spiro atoms. The lowest BCUT2D eigenvalue weighted by atomic mass is 10.0. The molecule has 28 heavy (non-hydrogen) atoms. The monoisotopic (exact) mass is 391 g/mol. The molecule has 2 aliphatic rings. The number of hydrogen-bond donors (Lipinski definition) is 0. The first-order valence-corrected chi connectivity index (χ1v) is 9.04. The molecule has 6 nitrogen and oxygen atoms in total. The lowest BCUT2D eigenvalue weighted by Crippen LogP contribution is -2.44.